The Hall–Kier alpha value is -2.36. The van der Waals surface area contributed by atoms with Crippen LogP contribution in [0.15, 0.2) is 24.3 Å². The molecule has 2 N–H and O–H groups in total. The minimum atomic E-state index is -1.48. The van der Waals surface area contributed by atoms with Crippen LogP contribution >= 0.6 is 11.6 Å². The molecule has 2 rings (SSSR count). The van der Waals surface area contributed by atoms with Crippen LogP contribution in [0.5, 0.6) is 0 Å². The van der Waals surface area contributed by atoms with Crippen LogP contribution in [0.2, 0.25) is 24.7 Å². The fourth-order valence-corrected chi connectivity index (χ4v) is 2.68. The van der Waals surface area contributed by atoms with Gasteiger partial charge in [0.25, 0.3) is 0 Å². The van der Waals surface area contributed by atoms with Gasteiger partial charge in [0, 0.05) is 11.1 Å². The highest BCUT2D eigenvalue weighted by Crippen LogP contribution is 2.32. The second-order valence-electron chi connectivity index (χ2n) is 6.42. The number of aromatic nitrogens is 1. The molecule has 7 heteroatoms. The maximum absolute atomic E-state index is 14.5. The van der Waals surface area contributed by atoms with Gasteiger partial charge >= 0.3 is 5.97 Å². The normalized spacial score (nSPS) is 10.8. The number of nitrogens with zero attached hydrogens (tertiary/aromatic N) is 1. The summed E-state index contributed by atoms with van der Waals surface area (Å²) in [7, 11) is -0.295. The molecule has 25 heavy (non-hydrogen) atoms. The Labute approximate surface area is 152 Å². The summed E-state index contributed by atoms with van der Waals surface area (Å²) >= 11 is 5.90. The molecule has 0 unspecified atom stereocenters. The van der Waals surface area contributed by atoms with Gasteiger partial charge in [-0.15, -0.1) is 5.54 Å². The van der Waals surface area contributed by atoms with Crippen molar-refractivity contribution in [3.63, 3.8) is 0 Å². The van der Waals surface area contributed by atoms with Gasteiger partial charge in [-0.1, -0.05) is 49.3 Å². The van der Waals surface area contributed by atoms with E-state index in [1.54, 1.807) is 24.3 Å². The van der Waals surface area contributed by atoms with Crippen LogP contribution < -0.4 is 5.73 Å². The Morgan fingerprint density at radius 2 is 1.88 bits per heavy atom. The highest BCUT2D eigenvalue weighted by Gasteiger charge is 2.22. The van der Waals surface area contributed by atoms with E-state index in [2.05, 4.69) is 40.8 Å². The Balaban J connectivity index is 2.50. The predicted molar refractivity (Wildman–Crippen MR) is 101 cm³/mol. The molecular weight excluding hydrogens is 359 g/mol. The molecule has 0 amide bonds. The van der Waals surface area contributed by atoms with E-state index in [9.17, 15) is 9.18 Å². The Bertz CT molecular complexity index is 881. The molecule has 0 aliphatic heterocycles. The maximum atomic E-state index is 14.5. The SMILES string of the molecule is COC(=O)c1nc(-c2ccc(C#C[Si](C)(C)C)cc2)c(F)c(N)c1Cl. The van der Waals surface area contributed by atoms with Crippen molar-refractivity contribution >= 4 is 31.3 Å². The van der Waals surface area contributed by atoms with E-state index in [-0.39, 0.29) is 22.1 Å². The third-order valence-corrected chi connectivity index (χ3v) is 4.49. The van der Waals surface area contributed by atoms with Gasteiger partial charge in [-0.25, -0.2) is 14.2 Å². The van der Waals surface area contributed by atoms with Crippen LogP contribution in [-0.4, -0.2) is 26.1 Å². The third kappa shape index (κ3) is 4.38. The van der Waals surface area contributed by atoms with Gasteiger partial charge in [0.1, 0.15) is 13.8 Å². The van der Waals surface area contributed by atoms with Gasteiger partial charge in [-0.05, 0) is 12.1 Å². The second-order valence-corrected chi connectivity index (χ2v) is 11.5. The monoisotopic (exact) mass is 376 g/mol. The molecule has 1 aromatic heterocycles. The molecule has 130 valence electrons. The zero-order valence-corrected chi connectivity index (χ0v) is 16.2. The number of anilines is 1. The largest absolute Gasteiger partial charge is 0.464 e. The first-order chi connectivity index (χ1) is 11.6. The summed E-state index contributed by atoms with van der Waals surface area (Å²) in [6, 6.07) is 6.89. The minimum absolute atomic E-state index is 0.0630. The number of nitrogen functional groups attached to an aromatic ring is 1. The van der Waals surface area contributed by atoms with Crippen LogP contribution in [0.1, 0.15) is 16.1 Å². The highest BCUT2D eigenvalue weighted by atomic mass is 35.5. The van der Waals surface area contributed by atoms with Crippen LogP contribution in [-0.2, 0) is 4.74 Å². The number of methoxy groups -OCH3 is 1. The number of hydrogen-bond donors (Lipinski definition) is 1. The summed E-state index contributed by atoms with van der Waals surface area (Å²) in [5.74, 6) is 1.55. The first kappa shape index (κ1) is 19.0. The Kier molecular flexibility index (Phi) is 5.51. The summed E-state index contributed by atoms with van der Waals surface area (Å²) < 4.78 is 19.1. The van der Waals surface area contributed by atoms with Crippen molar-refractivity contribution in [2.24, 2.45) is 0 Å². The average molecular weight is 377 g/mol. The lowest BCUT2D eigenvalue weighted by molar-refractivity contribution is 0.0594. The smallest absolute Gasteiger partial charge is 0.358 e. The molecule has 1 aromatic carbocycles. The van der Waals surface area contributed by atoms with Crippen LogP contribution in [0.25, 0.3) is 11.3 Å². The van der Waals surface area contributed by atoms with E-state index in [4.69, 9.17) is 17.3 Å². The van der Waals surface area contributed by atoms with Gasteiger partial charge < -0.3 is 10.5 Å². The van der Waals surface area contributed by atoms with Crippen molar-refractivity contribution in [2.45, 2.75) is 19.6 Å². The molecule has 1 heterocycles. The van der Waals surface area contributed by atoms with E-state index in [1.165, 1.54) is 7.11 Å². The number of pyridine rings is 1. The lowest BCUT2D eigenvalue weighted by Gasteiger charge is -2.10. The molecule has 0 radical (unpaired) electrons. The van der Waals surface area contributed by atoms with Crippen LogP contribution in [0.3, 0.4) is 0 Å². The van der Waals surface area contributed by atoms with Crippen molar-refractivity contribution in [1.82, 2.24) is 4.98 Å². The molecule has 0 bridgehead atoms. The molecular formula is C18H18ClFN2O2Si. The number of esters is 1. The number of carbonyl (C=O) groups excluding carboxylic acids is 1. The van der Waals surface area contributed by atoms with E-state index in [1.807, 2.05) is 0 Å². The van der Waals surface area contributed by atoms with Gasteiger partial charge in [-0.3, -0.25) is 0 Å². The molecule has 0 fully saturated rings. The Morgan fingerprint density at radius 1 is 1.28 bits per heavy atom. The summed E-state index contributed by atoms with van der Waals surface area (Å²) in [4.78, 5) is 15.8. The molecule has 4 nitrogen and oxygen atoms in total. The fraction of sp³-hybridized carbons (Fsp3) is 0.222. The minimum Gasteiger partial charge on any atom is -0.464 e. The molecule has 0 saturated carbocycles. The Morgan fingerprint density at radius 3 is 2.40 bits per heavy atom. The maximum Gasteiger partial charge on any atom is 0.358 e. The first-order valence-corrected chi connectivity index (χ1v) is 11.4. The average Bonchev–Trinajstić information content (AvgIpc) is 2.57. The molecule has 0 saturated heterocycles. The van der Waals surface area contributed by atoms with E-state index < -0.39 is 19.9 Å². The molecule has 0 aliphatic carbocycles. The van der Waals surface area contributed by atoms with Crippen molar-refractivity contribution in [3.05, 3.63) is 46.4 Å². The summed E-state index contributed by atoms with van der Waals surface area (Å²) in [6.45, 7) is 6.45. The van der Waals surface area contributed by atoms with Crippen molar-refractivity contribution in [2.75, 3.05) is 12.8 Å². The molecule has 0 aliphatic rings. The van der Waals surface area contributed by atoms with E-state index in [0.29, 0.717) is 5.56 Å². The van der Waals surface area contributed by atoms with E-state index >= 15 is 0 Å². The van der Waals surface area contributed by atoms with Gasteiger partial charge in [0.15, 0.2) is 11.5 Å². The standard InChI is InChI=1S/C18H18ClFN2O2Si/c1-24-18(23)17-13(19)15(21)14(20)16(22-17)12-7-5-11(6-8-12)9-10-25(2,3)4/h5-8H,1-4H3,(H2,21,22). The molecule has 2 aromatic rings. The lowest BCUT2D eigenvalue weighted by atomic mass is 10.1. The number of hydrogen-bond acceptors (Lipinski definition) is 4. The fourth-order valence-electron chi connectivity index (χ4n) is 1.96. The third-order valence-electron chi connectivity index (χ3n) is 3.23. The topological polar surface area (TPSA) is 65.2 Å². The van der Waals surface area contributed by atoms with Crippen molar-refractivity contribution < 1.29 is 13.9 Å². The number of halogens is 2. The van der Waals surface area contributed by atoms with Gasteiger partial charge in [0.2, 0.25) is 0 Å². The van der Waals surface area contributed by atoms with E-state index in [0.717, 1.165) is 5.56 Å². The number of ether oxygens (including phenoxy) is 1. The number of carbonyl (C=O) groups is 1. The zero-order valence-electron chi connectivity index (χ0n) is 14.4. The second kappa shape index (κ2) is 7.26. The van der Waals surface area contributed by atoms with Crippen LogP contribution in [0, 0.1) is 17.3 Å². The number of nitrogens with two attached hydrogens (primary N) is 1. The quantitative estimate of drug-likeness (QED) is 0.486. The summed E-state index contributed by atoms with van der Waals surface area (Å²) in [6.07, 6.45) is 0. The predicted octanol–water partition coefficient (Wildman–Crippen LogP) is 4.14. The van der Waals surface area contributed by atoms with Crippen LogP contribution in [0.4, 0.5) is 10.1 Å². The summed E-state index contributed by atoms with van der Waals surface area (Å²) in [5, 5.41) is -0.259. The molecule has 0 spiro atoms. The number of rotatable bonds is 2. The van der Waals surface area contributed by atoms with Gasteiger partial charge in [0.05, 0.1) is 17.8 Å². The summed E-state index contributed by atoms with van der Waals surface area (Å²) in [5.41, 5.74) is 9.58. The number of benzene rings is 1. The van der Waals surface area contributed by atoms with Crippen molar-refractivity contribution in [3.8, 4) is 22.7 Å². The van der Waals surface area contributed by atoms with Gasteiger partial charge in [-0.2, -0.15) is 0 Å². The highest BCUT2D eigenvalue weighted by molar-refractivity contribution is 6.83. The first-order valence-electron chi connectivity index (χ1n) is 7.50. The van der Waals surface area contributed by atoms with Crippen molar-refractivity contribution in [1.29, 1.82) is 0 Å². The molecule has 0 atom stereocenters. The zero-order chi connectivity index (χ0) is 18.8. The lowest BCUT2D eigenvalue weighted by Crippen LogP contribution is -2.16.